The summed E-state index contributed by atoms with van der Waals surface area (Å²) < 4.78 is 45.4. The first-order chi connectivity index (χ1) is 36.6. The average Bonchev–Trinajstić information content (AvgIpc) is 4.11. The zero-order chi connectivity index (χ0) is 57.6. The van der Waals surface area contributed by atoms with E-state index in [2.05, 4.69) is 20.5 Å². The standard InChI is InChI=1S/C55H90N8O14S/c1-16-42-55(11,70)46(66)35(6)61(13)29-31(2)27-53(9,69)48(33(4)45(34(5)50(68)75-42)76-43-28-54(10,72-15)47(67)36(7)74-43)77-51-44(65)41(26-32(3)73-51)60(12)25-22-39-30-62(59-56-39)23-17-24-63(37(8)64)52-58-57-49(78-52)38-18-20-40(71-14)21-19-38/h18-21,30-36,41-48,51,65-67,69-70H,16-17,22-29H2,1-15H3/t31-,32-,33+,34-,35-,36+,41+,42-,43+,44-,45+,46-,47+,48-,51+,53-,54-,55-/m1/s1. The fraction of sp³-hybridized carbons (Fsp3) is 0.782. The molecular weight excluding hydrogens is 1030 g/mol. The van der Waals surface area contributed by atoms with E-state index in [0.717, 1.165) is 17.0 Å². The van der Waals surface area contributed by atoms with Gasteiger partial charge in [-0.3, -0.25) is 19.2 Å². The summed E-state index contributed by atoms with van der Waals surface area (Å²) in [5.41, 5.74) is -2.95. The summed E-state index contributed by atoms with van der Waals surface area (Å²) in [5.74, 6) is -2.25. The van der Waals surface area contributed by atoms with E-state index in [9.17, 15) is 35.1 Å². The zero-order valence-corrected chi connectivity index (χ0v) is 49.3. The third-order valence-electron chi connectivity index (χ3n) is 16.5. The SMILES string of the molecule is CC[C@H]1OC(=O)[C@H](C)[C@@H](O[C@H]2C[C@@](C)(OC)[C@@H](O)[C@H](C)O2)[C@H](C)[C@@H](O[C@@H]2O[C@H](C)C[C@H](N(C)CCc3cn(CCCN(C(C)=O)c4nnc(-c5ccc(OC)cc5)s4)nn3)[C@H]2O)[C@](C)(O)C[C@@H](C)CN(C)[C@H](C)[C@@H](O)[C@]1(C)O. The lowest BCUT2D eigenvalue weighted by molar-refractivity contribution is -0.318. The molecule has 3 aromatic rings. The Bertz CT molecular complexity index is 2380. The lowest BCUT2D eigenvalue weighted by atomic mass is 9.77. The number of carbonyl (C=O) groups excluding carboxylic acids is 2. The van der Waals surface area contributed by atoms with E-state index in [1.54, 1.807) is 58.2 Å². The number of carbonyl (C=O) groups is 2. The van der Waals surface area contributed by atoms with Crippen LogP contribution in [0.5, 0.6) is 5.75 Å². The van der Waals surface area contributed by atoms with Crippen molar-refractivity contribution in [2.75, 3.05) is 52.8 Å². The van der Waals surface area contributed by atoms with Crippen molar-refractivity contribution < 1.29 is 68.3 Å². The van der Waals surface area contributed by atoms with Crippen molar-refractivity contribution in [2.45, 2.75) is 212 Å². The summed E-state index contributed by atoms with van der Waals surface area (Å²) in [6.07, 6.45) is -6.29. The molecule has 0 bridgehead atoms. The molecule has 3 saturated heterocycles. The number of methoxy groups -OCH3 is 2. The Labute approximate surface area is 464 Å². The molecule has 1 amide bonds. The minimum Gasteiger partial charge on any atom is -0.497 e. The number of rotatable bonds is 17. The Morgan fingerprint density at radius 2 is 1.63 bits per heavy atom. The highest BCUT2D eigenvalue weighted by atomic mass is 32.1. The Kier molecular flexibility index (Phi) is 21.8. The van der Waals surface area contributed by atoms with Gasteiger partial charge in [0.05, 0.1) is 54.3 Å². The normalized spacial score (nSPS) is 36.9. The molecule has 0 spiro atoms. The van der Waals surface area contributed by atoms with Crippen LogP contribution in [-0.2, 0) is 51.0 Å². The highest BCUT2D eigenvalue weighted by Gasteiger charge is 2.53. The van der Waals surface area contributed by atoms with Crippen molar-refractivity contribution >= 4 is 28.3 Å². The van der Waals surface area contributed by atoms with E-state index in [0.29, 0.717) is 55.6 Å². The van der Waals surface area contributed by atoms with E-state index in [1.165, 1.54) is 32.3 Å². The van der Waals surface area contributed by atoms with Gasteiger partial charge in [-0.05, 0) is 118 Å². The van der Waals surface area contributed by atoms with Crippen LogP contribution >= 0.6 is 11.3 Å². The molecule has 78 heavy (non-hydrogen) atoms. The third-order valence-corrected chi connectivity index (χ3v) is 17.5. The van der Waals surface area contributed by atoms with E-state index >= 15 is 0 Å². The first-order valence-corrected chi connectivity index (χ1v) is 28.4. The molecular formula is C55H90N8O14S. The van der Waals surface area contributed by atoms with Crippen molar-refractivity contribution in [1.29, 1.82) is 0 Å². The molecule has 1 aromatic carbocycles. The fourth-order valence-corrected chi connectivity index (χ4v) is 12.6. The quantitative estimate of drug-likeness (QED) is 0.119. The number of cyclic esters (lactones) is 1. The monoisotopic (exact) mass is 1120 g/mol. The number of aliphatic hydroxyl groups excluding tert-OH is 3. The van der Waals surface area contributed by atoms with Crippen LogP contribution in [0.1, 0.15) is 114 Å². The zero-order valence-electron chi connectivity index (χ0n) is 48.5. The Hall–Kier alpha value is -3.82. The Balaban J connectivity index is 1.19. The molecule has 0 radical (unpaired) electrons. The number of benzene rings is 1. The molecule has 440 valence electrons. The van der Waals surface area contributed by atoms with Gasteiger partial charge in [0.1, 0.15) is 40.8 Å². The molecule has 5 heterocycles. The van der Waals surface area contributed by atoms with Crippen molar-refractivity contribution in [3.63, 3.8) is 0 Å². The number of esters is 1. The second kappa shape index (κ2) is 26.8. The molecule has 0 saturated carbocycles. The number of hydrogen-bond donors (Lipinski definition) is 5. The van der Waals surface area contributed by atoms with Crippen LogP contribution in [0.4, 0.5) is 5.13 Å². The number of aryl methyl sites for hydroxylation is 1. The highest BCUT2D eigenvalue weighted by Crippen LogP contribution is 2.41. The predicted octanol–water partition coefficient (Wildman–Crippen LogP) is 4.08. The van der Waals surface area contributed by atoms with E-state index < -0.39 is 102 Å². The number of nitrogens with zero attached hydrogens (tertiary/aromatic N) is 8. The molecule has 6 rings (SSSR count). The first-order valence-electron chi connectivity index (χ1n) is 27.6. The smallest absolute Gasteiger partial charge is 0.311 e. The van der Waals surface area contributed by atoms with Gasteiger partial charge in [-0.25, -0.2) is 0 Å². The lowest BCUT2D eigenvalue weighted by Crippen LogP contribution is -2.61. The maximum atomic E-state index is 14.5. The van der Waals surface area contributed by atoms with Gasteiger partial charge in [-0.15, -0.1) is 15.3 Å². The van der Waals surface area contributed by atoms with Gasteiger partial charge in [-0.2, -0.15) is 0 Å². The summed E-state index contributed by atoms with van der Waals surface area (Å²) in [5, 5.41) is 78.5. The van der Waals surface area contributed by atoms with Gasteiger partial charge in [-0.1, -0.05) is 37.3 Å². The largest absolute Gasteiger partial charge is 0.497 e. The molecule has 22 nitrogen and oxygen atoms in total. The molecule has 0 unspecified atom stereocenters. The third kappa shape index (κ3) is 15.0. The molecule has 3 aliphatic rings. The molecule has 18 atom stereocenters. The minimum atomic E-state index is -1.85. The Morgan fingerprint density at radius 3 is 2.27 bits per heavy atom. The van der Waals surface area contributed by atoms with Gasteiger partial charge < -0.3 is 68.5 Å². The number of ether oxygens (including phenoxy) is 7. The predicted molar refractivity (Wildman–Crippen MR) is 291 cm³/mol. The number of likely N-dealkylation sites (N-methyl/N-ethyl adjacent to an activating group) is 2. The summed E-state index contributed by atoms with van der Waals surface area (Å²) >= 11 is 1.34. The summed E-state index contributed by atoms with van der Waals surface area (Å²) in [4.78, 5) is 32.8. The van der Waals surface area contributed by atoms with Crippen molar-refractivity contribution in [1.82, 2.24) is 35.0 Å². The highest BCUT2D eigenvalue weighted by molar-refractivity contribution is 7.18. The van der Waals surface area contributed by atoms with Gasteiger partial charge in [0.2, 0.25) is 11.0 Å². The number of amides is 1. The van der Waals surface area contributed by atoms with Crippen molar-refractivity contribution in [3.8, 4) is 16.3 Å². The lowest BCUT2D eigenvalue weighted by Gasteiger charge is -2.49. The van der Waals surface area contributed by atoms with Gasteiger partial charge >= 0.3 is 5.97 Å². The Morgan fingerprint density at radius 1 is 0.936 bits per heavy atom. The molecule has 3 fully saturated rings. The number of hydrogen-bond acceptors (Lipinski definition) is 21. The van der Waals surface area contributed by atoms with Crippen LogP contribution in [0.15, 0.2) is 30.5 Å². The van der Waals surface area contributed by atoms with Crippen LogP contribution < -0.4 is 9.64 Å². The second-order valence-electron chi connectivity index (χ2n) is 23.0. The summed E-state index contributed by atoms with van der Waals surface area (Å²) in [6.45, 7) is 20.8. The van der Waals surface area contributed by atoms with Crippen LogP contribution in [0.2, 0.25) is 0 Å². The first kappa shape index (κ1) is 63.4. The molecule has 2 aromatic heterocycles. The van der Waals surface area contributed by atoms with Crippen LogP contribution in [0.3, 0.4) is 0 Å². The average molecular weight is 1120 g/mol. The maximum absolute atomic E-state index is 14.5. The fourth-order valence-electron chi connectivity index (χ4n) is 11.6. The minimum absolute atomic E-state index is 0.0909. The molecule has 3 aliphatic heterocycles. The van der Waals surface area contributed by atoms with Crippen LogP contribution in [0.25, 0.3) is 10.6 Å². The topological polar surface area (TPSA) is 266 Å². The van der Waals surface area contributed by atoms with Crippen LogP contribution in [-0.4, -0.2) is 211 Å². The summed E-state index contributed by atoms with van der Waals surface area (Å²) in [7, 11) is 6.86. The molecule has 23 heteroatoms. The second-order valence-corrected chi connectivity index (χ2v) is 24.0. The van der Waals surface area contributed by atoms with Gasteiger partial charge in [0.25, 0.3) is 0 Å². The van der Waals surface area contributed by atoms with E-state index in [4.69, 9.17) is 33.2 Å². The number of anilines is 1. The molecule has 0 aliphatic carbocycles. The van der Waals surface area contributed by atoms with Crippen molar-refractivity contribution in [2.24, 2.45) is 17.8 Å². The van der Waals surface area contributed by atoms with E-state index in [-0.39, 0.29) is 37.2 Å². The summed E-state index contributed by atoms with van der Waals surface area (Å²) in [6, 6.07) is 6.47. The number of aromatic nitrogens is 5. The van der Waals surface area contributed by atoms with E-state index in [1.807, 2.05) is 75.1 Å². The maximum Gasteiger partial charge on any atom is 0.311 e. The molecule has 5 N–H and O–H groups in total. The van der Waals surface area contributed by atoms with Gasteiger partial charge in [0.15, 0.2) is 12.6 Å². The van der Waals surface area contributed by atoms with Crippen molar-refractivity contribution in [3.05, 3.63) is 36.2 Å². The van der Waals surface area contributed by atoms with Gasteiger partial charge in [0, 0.05) is 82.8 Å². The number of aliphatic hydroxyl groups is 5. The van der Waals surface area contributed by atoms with Crippen LogP contribution in [0, 0.1) is 17.8 Å².